The van der Waals surface area contributed by atoms with Gasteiger partial charge in [0.25, 0.3) is 5.91 Å². The van der Waals surface area contributed by atoms with Gasteiger partial charge in [0.1, 0.15) is 0 Å². The number of likely N-dealkylation sites (tertiary alicyclic amines) is 1. The van der Waals surface area contributed by atoms with E-state index in [1.165, 1.54) is 0 Å². The molecule has 2 aromatic carbocycles. The van der Waals surface area contributed by atoms with Crippen LogP contribution < -0.4 is 0 Å². The predicted octanol–water partition coefficient (Wildman–Crippen LogP) is 3.48. The molecule has 0 bridgehead atoms. The van der Waals surface area contributed by atoms with Crippen molar-refractivity contribution in [2.24, 2.45) is 11.8 Å². The quantitative estimate of drug-likeness (QED) is 0.773. The Hall–Kier alpha value is -3.08. The monoisotopic (exact) mass is 362 g/mol. The third-order valence-corrected chi connectivity index (χ3v) is 5.43. The summed E-state index contributed by atoms with van der Waals surface area (Å²) in [5.74, 6) is -1.45. The van der Waals surface area contributed by atoms with Gasteiger partial charge >= 0.3 is 5.97 Å². The van der Waals surface area contributed by atoms with E-state index in [0.717, 1.165) is 16.5 Å². The predicted molar refractivity (Wildman–Crippen MR) is 104 cm³/mol. The zero-order valence-corrected chi connectivity index (χ0v) is 15.2. The summed E-state index contributed by atoms with van der Waals surface area (Å²) >= 11 is 0. The third kappa shape index (κ3) is 3.21. The van der Waals surface area contributed by atoms with Gasteiger partial charge in [-0.25, -0.2) is 0 Å². The molecule has 1 aromatic heterocycles. The van der Waals surface area contributed by atoms with Crippen molar-refractivity contribution < 1.29 is 14.7 Å². The molecular weight excluding hydrogens is 340 g/mol. The summed E-state index contributed by atoms with van der Waals surface area (Å²) in [4.78, 5) is 26.2. The van der Waals surface area contributed by atoms with Crippen molar-refractivity contribution in [3.63, 3.8) is 0 Å². The highest BCUT2D eigenvalue weighted by molar-refractivity contribution is 6.07. The molecule has 27 heavy (non-hydrogen) atoms. The van der Waals surface area contributed by atoms with E-state index in [-0.39, 0.29) is 18.4 Å². The molecule has 0 radical (unpaired) electrons. The zero-order valence-electron chi connectivity index (χ0n) is 15.2. The summed E-state index contributed by atoms with van der Waals surface area (Å²) in [6.07, 6.45) is 1.90. The first-order valence-electron chi connectivity index (χ1n) is 9.18. The fourth-order valence-corrected chi connectivity index (χ4v) is 3.95. The Labute approximate surface area is 157 Å². The fraction of sp³-hybridized carbons (Fsp3) is 0.273. The highest BCUT2D eigenvalue weighted by Gasteiger charge is 2.37. The lowest BCUT2D eigenvalue weighted by Gasteiger charge is -2.15. The first-order valence-corrected chi connectivity index (χ1v) is 9.18. The van der Waals surface area contributed by atoms with Crippen LogP contribution in [-0.4, -0.2) is 39.5 Å². The van der Waals surface area contributed by atoms with Gasteiger partial charge in [0.2, 0.25) is 0 Å². The molecular formula is C22H22N2O3. The molecule has 1 saturated heterocycles. The van der Waals surface area contributed by atoms with Gasteiger partial charge in [-0.15, -0.1) is 0 Å². The minimum Gasteiger partial charge on any atom is -0.481 e. The molecule has 5 heteroatoms. The molecule has 2 heterocycles. The van der Waals surface area contributed by atoms with Crippen molar-refractivity contribution in [1.82, 2.24) is 9.47 Å². The Morgan fingerprint density at radius 1 is 1.04 bits per heavy atom. The molecule has 1 aliphatic heterocycles. The van der Waals surface area contributed by atoms with Gasteiger partial charge < -0.3 is 14.6 Å². The second-order valence-electron chi connectivity index (χ2n) is 7.31. The summed E-state index contributed by atoms with van der Waals surface area (Å²) in [5.41, 5.74) is 2.81. The number of nitrogens with zero attached hydrogens (tertiary/aromatic N) is 2. The largest absolute Gasteiger partial charge is 0.481 e. The molecule has 3 aromatic rings. The summed E-state index contributed by atoms with van der Waals surface area (Å²) in [5, 5.41) is 10.3. The van der Waals surface area contributed by atoms with Crippen molar-refractivity contribution in [2.75, 3.05) is 13.1 Å². The minimum absolute atomic E-state index is 0.0379. The lowest BCUT2D eigenvalue weighted by atomic mass is 9.99. The maximum absolute atomic E-state index is 13.2. The fourth-order valence-electron chi connectivity index (χ4n) is 3.95. The van der Waals surface area contributed by atoms with Gasteiger partial charge in [-0.3, -0.25) is 9.59 Å². The van der Waals surface area contributed by atoms with Gasteiger partial charge in [0, 0.05) is 36.7 Å². The molecule has 0 saturated carbocycles. The first kappa shape index (κ1) is 17.3. The number of hydrogen-bond donors (Lipinski definition) is 1. The molecule has 0 unspecified atom stereocenters. The van der Waals surface area contributed by atoms with Crippen LogP contribution in [0.4, 0.5) is 0 Å². The minimum atomic E-state index is -0.829. The number of carboxylic acid groups (broad SMARTS) is 1. The number of carbonyl (C=O) groups excluding carboxylic acids is 1. The number of hydrogen-bond acceptors (Lipinski definition) is 2. The van der Waals surface area contributed by atoms with Crippen LogP contribution in [0.1, 0.15) is 22.8 Å². The van der Waals surface area contributed by atoms with Crippen LogP contribution in [0.3, 0.4) is 0 Å². The number of benzene rings is 2. The Kier molecular flexibility index (Phi) is 4.44. The van der Waals surface area contributed by atoms with Crippen molar-refractivity contribution in [1.29, 1.82) is 0 Å². The van der Waals surface area contributed by atoms with Crippen LogP contribution in [0.2, 0.25) is 0 Å². The van der Waals surface area contributed by atoms with E-state index in [9.17, 15) is 14.7 Å². The summed E-state index contributed by atoms with van der Waals surface area (Å²) < 4.78 is 2.09. The van der Waals surface area contributed by atoms with E-state index in [4.69, 9.17) is 0 Å². The van der Waals surface area contributed by atoms with Crippen LogP contribution in [-0.2, 0) is 11.3 Å². The molecule has 5 nitrogen and oxygen atoms in total. The summed E-state index contributed by atoms with van der Waals surface area (Å²) in [7, 11) is 0. The molecule has 1 N–H and O–H groups in total. The second-order valence-corrected chi connectivity index (χ2v) is 7.31. The third-order valence-electron chi connectivity index (χ3n) is 5.43. The van der Waals surface area contributed by atoms with Crippen molar-refractivity contribution >= 4 is 22.8 Å². The number of aliphatic carboxylic acids is 1. The van der Waals surface area contributed by atoms with Crippen molar-refractivity contribution in [3.05, 3.63) is 71.9 Å². The highest BCUT2D eigenvalue weighted by atomic mass is 16.4. The molecule has 138 valence electrons. The Morgan fingerprint density at radius 2 is 1.74 bits per heavy atom. The molecule has 1 aliphatic rings. The van der Waals surface area contributed by atoms with Crippen LogP contribution in [0, 0.1) is 11.8 Å². The Morgan fingerprint density at radius 3 is 2.44 bits per heavy atom. The number of aromatic nitrogens is 1. The van der Waals surface area contributed by atoms with Crippen molar-refractivity contribution in [3.8, 4) is 0 Å². The zero-order chi connectivity index (χ0) is 19.0. The van der Waals surface area contributed by atoms with E-state index in [2.05, 4.69) is 16.7 Å². The SMILES string of the molecule is C[C@@H]1CN(C(=O)c2cn(Cc3ccccc3)c3ccccc23)C[C@H]1C(=O)O. The van der Waals surface area contributed by atoms with Gasteiger partial charge in [-0.2, -0.15) is 0 Å². The van der Waals surface area contributed by atoms with Crippen LogP contribution in [0.25, 0.3) is 10.9 Å². The molecule has 0 spiro atoms. The first-order chi connectivity index (χ1) is 13.0. The van der Waals surface area contributed by atoms with Gasteiger partial charge in [0.05, 0.1) is 11.5 Å². The number of rotatable bonds is 4. The molecule has 1 amide bonds. The van der Waals surface area contributed by atoms with E-state index < -0.39 is 11.9 Å². The number of carbonyl (C=O) groups is 2. The smallest absolute Gasteiger partial charge is 0.308 e. The standard InChI is InChI=1S/C22H22N2O3/c1-15-11-24(13-18(15)22(26)27)21(25)19-14-23(12-16-7-3-2-4-8-16)20-10-6-5-9-17(19)20/h2-10,14-15,18H,11-13H2,1H3,(H,26,27)/t15-,18-/m1/s1. The van der Waals surface area contributed by atoms with Crippen LogP contribution >= 0.6 is 0 Å². The van der Waals surface area contributed by atoms with Gasteiger partial charge in [0.15, 0.2) is 0 Å². The average Bonchev–Trinajstić information content (AvgIpc) is 3.24. The number of amides is 1. The van der Waals surface area contributed by atoms with Crippen LogP contribution in [0.5, 0.6) is 0 Å². The van der Waals surface area contributed by atoms with E-state index >= 15 is 0 Å². The normalized spacial score (nSPS) is 19.5. The Balaban J connectivity index is 1.68. The Bertz CT molecular complexity index is 993. The maximum atomic E-state index is 13.2. The molecule has 4 rings (SSSR count). The summed E-state index contributed by atoms with van der Waals surface area (Å²) in [6.45, 7) is 3.33. The van der Waals surface area contributed by atoms with E-state index in [1.54, 1.807) is 4.90 Å². The molecule has 1 fully saturated rings. The van der Waals surface area contributed by atoms with E-state index in [1.807, 2.05) is 55.6 Å². The molecule has 2 atom stereocenters. The van der Waals surface area contributed by atoms with Gasteiger partial charge in [-0.1, -0.05) is 55.5 Å². The second kappa shape index (κ2) is 6.91. The lowest BCUT2D eigenvalue weighted by Crippen LogP contribution is -2.29. The number of fused-ring (bicyclic) bond motifs is 1. The topological polar surface area (TPSA) is 62.5 Å². The highest BCUT2D eigenvalue weighted by Crippen LogP contribution is 2.28. The van der Waals surface area contributed by atoms with Gasteiger partial charge in [-0.05, 0) is 17.5 Å². The van der Waals surface area contributed by atoms with Crippen LogP contribution in [0.15, 0.2) is 60.8 Å². The maximum Gasteiger partial charge on any atom is 0.308 e. The number of para-hydroxylation sites is 1. The van der Waals surface area contributed by atoms with E-state index in [0.29, 0.717) is 18.7 Å². The lowest BCUT2D eigenvalue weighted by molar-refractivity contribution is -0.142. The summed E-state index contributed by atoms with van der Waals surface area (Å²) in [6, 6.07) is 18.0. The van der Waals surface area contributed by atoms with Crippen molar-refractivity contribution in [2.45, 2.75) is 13.5 Å². The molecule has 0 aliphatic carbocycles. The number of carboxylic acids is 1. The average molecular weight is 362 g/mol.